The third-order valence-electron chi connectivity index (χ3n) is 2.98. The van der Waals surface area contributed by atoms with Crippen molar-refractivity contribution < 1.29 is 8.94 Å². The smallest absolute Gasteiger partial charge is 0.338 e. The number of rotatable bonds is 2. The Balaban J connectivity index is 2.13. The van der Waals surface area contributed by atoms with Crippen LogP contribution in [0.5, 0.6) is 0 Å². The summed E-state index contributed by atoms with van der Waals surface area (Å²) in [5.74, 6) is -0.378. The van der Waals surface area contributed by atoms with Crippen molar-refractivity contribution in [1.82, 2.24) is 5.32 Å². The van der Waals surface area contributed by atoms with Crippen molar-refractivity contribution in [2.45, 2.75) is 18.6 Å². The van der Waals surface area contributed by atoms with Gasteiger partial charge in [0.15, 0.2) is 11.9 Å². The molecule has 2 rings (SSSR count). The van der Waals surface area contributed by atoms with E-state index in [2.05, 4.69) is 10.3 Å². The highest BCUT2D eigenvalue weighted by Crippen LogP contribution is 2.31. The summed E-state index contributed by atoms with van der Waals surface area (Å²) in [5, 5.41) is 18.8. The minimum Gasteiger partial charge on any atom is -0.608 e. The van der Waals surface area contributed by atoms with Crippen LogP contribution in [0.2, 0.25) is 5.02 Å². The summed E-state index contributed by atoms with van der Waals surface area (Å²) < 4.78 is 25.4. The van der Waals surface area contributed by atoms with Gasteiger partial charge < -0.3 is 9.87 Å². The number of aliphatic imine (C=N–C) groups is 1. The molecule has 8 heteroatoms. The van der Waals surface area contributed by atoms with E-state index in [-0.39, 0.29) is 24.1 Å². The second kappa shape index (κ2) is 6.89. The minimum absolute atomic E-state index is 0.0452. The van der Waals surface area contributed by atoms with Gasteiger partial charge in [-0.15, -0.1) is 0 Å². The predicted molar refractivity (Wildman–Crippen MR) is 80.6 cm³/mol. The Morgan fingerprint density at radius 2 is 2.33 bits per heavy atom. The van der Waals surface area contributed by atoms with Gasteiger partial charge in [-0.1, -0.05) is 29.8 Å². The molecular formula is C13H12ClFN4OS. The highest BCUT2D eigenvalue weighted by molar-refractivity contribution is 8.06. The number of hydrogen-bond acceptors (Lipinski definition) is 3. The molecule has 0 bridgehead atoms. The highest BCUT2D eigenvalue weighted by Gasteiger charge is 2.33. The highest BCUT2D eigenvalue weighted by atomic mass is 35.5. The Bertz CT molecular complexity index is 618. The van der Waals surface area contributed by atoms with E-state index >= 15 is 0 Å². The lowest BCUT2D eigenvalue weighted by atomic mass is 10.1. The largest absolute Gasteiger partial charge is 0.608 e. The normalized spacial score (nSPS) is 24.4. The Morgan fingerprint density at radius 1 is 1.62 bits per heavy atom. The molecule has 1 aromatic rings. The van der Waals surface area contributed by atoms with Crippen LogP contribution in [0.25, 0.3) is 0 Å². The molecule has 3 atom stereocenters. The van der Waals surface area contributed by atoms with E-state index in [1.54, 1.807) is 30.3 Å². The van der Waals surface area contributed by atoms with E-state index in [4.69, 9.17) is 22.3 Å². The van der Waals surface area contributed by atoms with Crippen LogP contribution in [0.15, 0.2) is 29.3 Å². The zero-order valence-electron chi connectivity index (χ0n) is 10.8. The number of hydrogen-bond donors (Lipinski definition) is 2. The molecule has 1 aromatic carbocycles. The monoisotopic (exact) mass is 326 g/mol. The number of nitrogens with zero attached hydrogens (tertiary/aromatic N) is 2. The molecule has 1 saturated heterocycles. The number of nitriles is 1. The van der Waals surface area contributed by atoms with Crippen LogP contribution in [0.1, 0.15) is 18.0 Å². The molecule has 5 nitrogen and oxygen atoms in total. The van der Waals surface area contributed by atoms with Crippen molar-refractivity contribution in [3.8, 4) is 6.07 Å². The molecule has 0 unspecified atom stereocenters. The molecular weight excluding hydrogens is 315 g/mol. The average Bonchev–Trinajstić information content (AvgIpc) is 2.80. The van der Waals surface area contributed by atoms with E-state index < -0.39 is 22.5 Å². The van der Waals surface area contributed by atoms with Crippen LogP contribution in [0, 0.1) is 16.7 Å². The average molecular weight is 327 g/mol. The third kappa shape index (κ3) is 3.73. The molecule has 0 saturated carbocycles. The molecule has 0 aromatic heterocycles. The minimum atomic E-state index is -1.83. The van der Waals surface area contributed by atoms with Gasteiger partial charge in [0, 0.05) is 22.6 Å². The molecule has 1 fully saturated rings. The van der Waals surface area contributed by atoms with Crippen LogP contribution in [0.3, 0.4) is 0 Å². The van der Waals surface area contributed by atoms with Gasteiger partial charge >= 0.3 is 5.17 Å². The maximum absolute atomic E-state index is 14.0. The van der Waals surface area contributed by atoms with E-state index in [0.29, 0.717) is 5.02 Å². The summed E-state index contributed by atoms with van der Waals surface area (Å²) in [5.41, 5.74) is 0.747. The van der Waals surface area contributed by atoms with Gasteiger partial charge in [-0.3, -0.25) is 0 Å². The Hall–Kier alpha value is -1.62. The molecule has 2 N–H and O–H groups in total. The first-order chi connectivity index (χ1) is 10.0. The summed E-state index contributed by atoms with van der Waals surface area (Å²) in [7, 11) is 0. The fraction of sp³-hybridized carbons (Fsp3) is 0.308. The van der Waals surface area contributed by atoms with Crippen LogP contribution in [0.4, 0.5) is 4.39 Å². The van der Waals surface area contributed by atoms with Crippen molar-refractivity contribution in [2.24, 2.45) is 4.99 Å². The van der Waals surface area contributed by atoms with Gasteiger partial charge in [-0.05, 0) is 11.6 Å². The van der Waals surface area contributed by atoms with Crippen LogP contribution in [-0.2, 0) is 11.2 Å². The quantitative estimate of drug-likeness (QED) is 0.496. The first-order valence-corrected chi connectivity index (χ1v) is 7.80. The van der Waals surface area contributed by atoms with Crippen molar-refractivity contribution in [3.63, 3.8) is 0 Å². The number of nitrogens with one attached hydrogen (secondary N) is 2. The number of alkyl halides is 1. The van der Waals surface area contributed by atoms with E-state index in [1.165, 1.54) is 0 Å². The van der Waals surface area contributed by atoms with E-state index in [0.717, 1.165) is 5.56 Å². The topological polar surface area (TPSA) is 95.1 Å². The standard InChI is InChI=1S/C13H12ClFN4OS/c14-9-4-2-1-3-8(9)11-7-10(15)12(18-11)19-13(17)21(20)6-5-16/h1-4,10-11H,6-7H2,(H2,17,18,19)/t10-,11-,21+/m1/s1. The van der Waals surface area contributed by atoms with Gasteiger partial charge in [-0.2, -0.15) is 10.3 Å². The molecule has 0 spiro atoms. The van der Waals surface area contributed by atoms with Crippen molar-refractivity contribution in [2.75, 3.05) is 5.75 Å². The first kappa shape index (κ1) is 15.8. The maximum Gasteiger partial charge on any atom is 0.338 e. The number of benzene rings is 1. The molecule has 0 amide bonds. The second-order valence-corrected chi connectivity index (χ2v) is 6.15. The molecule has 1 aliphatic rings. The Labute approximate surface area is 129 Å². The number of amidine groups is 2. The Kier molecular flexibility index (Phi) is 5.17. The predicted octanol–water partition coefficient (Wildman–Crippen LogP) is 2.32. The fourth-order valence-corrected chi connectivity index (χ4v) is 2.72. The van der Waals surface area contributed by atoms with Crippen LogP contribution >= 0.6 is 11.6 Å². The zero-order valence-corrected chi connectivity index (χ0v) is 12.4. The van der Waals surface area contributed by atoms with Gasteiger partial charge in [-0.25, -0.2) is 9.80 Å². The molecule has 21 heavy (non-hydrogen) atoms. The lowest BCUT2D eigenvalue weighted by Gasteiger charge is -2.12. The van der Waals surface area contributed by atoms with E-state index in [1.807, 2.05) is 0 Å². The van der Waals surface area contributed by atoms with E-state index in [9.17, 15) is 8.94 Å². The lowest BCUT2D eigenvalue weighted by molar-refractivity contribution is 0.406. The Morgan fingerprint density at radius 3 is 3.00 bits per heavy atom. The molecule has 0 aliphatic carbocycles. The van der Waals surface area contributed by atoms with Crippen molar-refractivity contribution >= 4 is 33.8 Å². The van der Waals surface area contributed by atoms with Gasteiger partial charge in [0.05, 0.1) is 6.04 Å². The zero-order chi connectivity index (χ0) is 15.4. The SMILES string of the molecule is N#CC[S@+]([O-])C(=N)/N=C1\N[C@@H](c2ccccc2Cl)C[C@H]1F. The van der Waals surface area contributed by atoms with Gasteiger partial charge in [0.2, 0.25) is 0 Å². The third-order valence-corrected chi connectivity index (χ3v) is 4.23. The first-order valence-electron chi connectivity index (χ1n) is 6.10. The van der Waals surface area contributed by atoms with Crippen LogP contribution in [-0.4, -0.2) is 27.5 Å². The molecule has 110 valence electrons. The summed E-state index contributed by atoms with van der Waals surface area (Å²) in [4.78, 5) is 3.70. The molecule has 1 heterocycles. The summed E-state index contributed by atoms with van der Waals surface area (Å²) in [6.45, 7) is 0. The lowest BCUT2D eigenvalue weighted by Crippen LogP contribution is -2.26. The fourth-order valence-electron chi connectivity index (χ4n) is 2.00. The van der Waals surface area contributed by atoms with Crippen molar-refractivity contribution in [3.05, 3.63) is 34.9 Å². The van der Waals surface area contributed by atoms with Gasteiger partial charge in [0.1, 0.15) is 11.9 Å². The summed E-state index contributed by atoms with van der Waals surface area (Å²) in [6, 6.07) is 8.42. The van der Waals surface area contributed by atoms with Crippen molar-refractivity contribution in [1.29, 1.82) is 10.7 Å². The summed E-state index contributed by atoms with van der Waals surface area (Å²) >= 11 is 4.23. The maximum atomic E-state index is 14.0. The number of halogens is 2. The molecule has 1 aliphatic heterocycles. The summed E-state index contributed by atoms with van der Waals surface area (Å²) in [6.07, 6.45) is -1.24. The van der Waals surface area contributed by atoms with Gasteiger partial charge in [0.25, 0.3) is 0 Å². The molecule has 0 radical (unpaired) electrons. The second-order valence-electron chi connectivity index (χ2n) is 4.37. The van der Waals surface area contributed by atoms with Crippen LogP contribution < -0.4 is 5.32 Å².